The van der Waals surface area contributed by atoms with E-state index >= 15 is 0 Å². The Bertz CT molecular complexity index is 165. The second kappa shape index (κ2) is 9.89. The average molecular weight is 217 g/mol. The molecule has 0 heterocycles. The first-order valence-corrected chi connectivity index (χ1v) is 5.35. The zero-order valence-corrected chi connectivity index (χ0v) is 9.79. The zero-order valence-electron chi connectivity index (χ0n) is 9.79. The summed E-state index contributed by atoms with van der Waals surface area (Å²) in [4.78, 5) is 13.3. The number of hydrogen-bond acceptors (Lipinski definition) is 4. The minimum Gasteiger partial charge on any atom is -0.383 e. The van der Waals surface area contributed by atoms with Gasteiger partial charge in [0.1, 0.15) is 0 Å². The highest BCUT2D eigenvalue weighted by Crippen LogP contribution is 1.90. The number of amides is 1. The molecular formula is C10H23N3O2. The Kier molecular flexibility index (Phi) is 9.46. The molecule has 15 heavy (non-hydrogen) atoms. The van der Waals surface area contributed by atoms with Crippen LogP contribution in [-0.2, 0) is 9.53 Å². The molecule has 0 bridgehead atoms. The van der Waals surface area contributed by atoms with Gasteiger partial charge in [-0.1, -0.05) is 0 Å². The van der Waals surface area contributed by atoms with Gasteiger partial charge >= 0.3 is 0 Å². The predicted molar refractivity (Wildman–Crippen MR) is 60.7 cm³/mol. The van der Waals surface area contributed by atoms with Gasteiger partial charge in [0.2, 0.25) is 5.91 Å². The number of rotatable bonds is 9. The lowest BCUT2D eigenvalue weighted by Gasteiger charge is -2.15. The van der Waals surface area contributed by atoms with E-state index in [1.165, 1.54) is 0 Å². The third-order valence-electron chi connectivity index (χ3n) is 2.04. The van der Waals surface area contributed by atoms with Crippen LogP contribution >= 0.6 is 0 Å². The van der Waals surface area contributed by atoms with Gasteiger partial charge in [0, 0.05) is 13.7 Å². The molecule has 0 saturated carbocycles. The summed E-state index contributed by atoms with van der Waals surface area (Å²) in [6, 6.07) is 0. The number of nitrogens with one attached hydrogen (secondary N) is 1. The Morgan fingerprint density at radius 1 is 1.47 bits per heavy atom. The molecular weight excluding hydrogens is 194 g/mol. The maximum Gasteiger partial charge on any atom is 0.234 e. The smallest absolute Gasteiger partial charge is 0.234 e. The summed E-state index contributed by atoms with van der Waals surface area (Å²) in [5.74, 6) is 0.0438. The van der Waals surface area contributed by atoms with Gasteiger partial charge in [-0.05, 0) is 33.0 Å². The van der Waals surface area contributed by atoms with Crippen LogP contribution in [0.1, 0.15) is 12.8 Å². The third-order valence-corrected chi connectivity index (χ3v) is 2.04. The first kappa shape index (κ1) is 14.3. The molecule has 5 heteroatoms. The highest BCUT2D eigenvalue weighted by Gasteiger charge is 2.04. The highest BCUT2D eigenvalue weighted by molar-refractivity contribution is 5.77. The fourth-order valence-electron chi connectivity index (χ4n) is 1.20. The quantitative estimate of drug-likeness (QED) is 0.507. The molecule has 0 saturated heterocycles. The normalized spacial score (nSPS) is 10.7. The van der Waals surface area contributed by atoms with E-state index < -0.39 is 0 Å². The SMILES string of the molecule is COCCNC(=O)CN(C)CCCCN. The topological polar surface area (TPSA) is 67.6 Å². The monoisotopic (exact) mass is 217 g/mol. The largest absolute Gasteiger partial charge is 0.383 e. The van der Waals surface area contributed by atoms with Gasteiger partial charge in [-0.25, -0.2) is 0 Å². The summed E-state index contributed by atoms with van der Waals surface area (Å²) < 4.78 is 4.83. The van der Waals surface area contributed by atoms with Crippen LogP contribution in [0.5, 0.6) is 0 Å². The minimum absolute atomic E-state index is 0.0438. The molecule has 0 unspecified atom stereocenters. The van der Waals surface area contributed by atoms with E-state index in [2.05, 4.69) is 5.32 Å². The van der Waals surface area contributed by atoms with Crippen molar-refractivity contribution >= 4 is 5.91 Å². The van der Waals surface area contributed by atoms with Gasteiger partial charge in [-0.2, -0.15) is 0 Å². The van der Waals surface area contributed by atoms with Crippen LogP contribution in [0, 0.1) is 0 Å². The third kappa shape index (κ3) is 9.65. The summed E-state index contributed by atoms with van der Waals surface area (Å²) in [6.45, 7) is 3.20. The van der Waals surface area contributed by atoms with Crippen LogP contribution in [0.2, 0.25) is 0 Å². The summed E-state index contributed by atoms with van der Waals surface area (Å²) in [5.41, 5.74) is 5.39. The van der Waals surface area contributed by atoms with E-state index in [-0.39, 0.29) is 5.91 Å². The number of ether oxygens (including phenoxy) is 1. The van der Waals surface area contributed by atoms with Crippen LogP contribution in [0.25, 0.3) is 0 Å². The van der Waals surface area contributed by atoms with E-state index in [4.69, 9.17) is 10.5 Å². The number of unbranched alkanes of at least 4 members (excludes halogenated alkanes) is 1. The Morgan fingerprint density at radius 3 is 2.80 bits per heavy atom. The number of methoxy groups -OCH3 is 1. The number of nitrogens with two attached hydrogens (primary N) is 1. The van der Waals surface area contributed by atoms with Crippen molar-refractivity contribution in [3.63, 3.8) is 0 Å². The van der Waals surface area contributed by atoms with Crippen molar-refractivity contribution in [3.05, 3.63) is 0 Å². The molecule has 0 aliphatic carbocycles. The second-order valence-electron chi connectivity index (χ2n) is 3.58. The van der Waals surface area contributed by atoms with Crippen molar-refractivity contribution in [1.82, 2.24) is 10.2 Å². The molecule has 0 aromatic carbocycles. The molecule has 0 atom stereocenters. The second-order valence-corrected chi connectivity index (χ2v) is 3.58. The van der Waals surface area contributed by atoms with Crippen LogP contribution in [0.3, 0.4) is 0 Å². The maximum absolute atomic E-state index is 11.3. The van der Waals surface area contributed by atoms with Crippen molar-refractivity contribution in [1.29, 1.82) is 0 Å². The lowest BCUT2D eigenvalue weighted by molar-refractivity contribution is -0.122. The maximum atomic E-state index is 11.3. The lowest BCUT2D eigenvalue weighted by Crippen LogP contribution is -2.37. The summed E-state index contributed by atoms with van der Waals surface area (Å²) >= 11 is 0. The van der Waals surface area contributed by atoms with Gasteiger partial charge < -0.3 is 15.8 Å². The van der Waals surface area contributed by atoms with E-state index in [9.17, 15) is 4.79 Å². The summed E-state index contributed by atoms with van der Waals surface area (Å²) in [7, 11) is 3.55. The van der Waals surface area contributed by atoms with E-state index in [1.807, 2.05) is 11.9 Å². The van der Waals surface area contributed by atoms with Gasteiger partial charge in [0.05, 0.1) is 13.2 Å². The molecule has 0 aromatic heterocycles. The summed E-state index contributed by atoms with van der Waals surface area (Å²) in [6.07, 6.45) is 2.05. The lowest BCUT2D eigenvalue weighted by atomic mass is 10.3. The fraction of sp³-hybridized carbons (Fsp3) is 0.900. The number of carbonyl (C=O) groups excluding carboxylic acids is 1. The molecule has 0 aliphatic rings. The van der Waals surface area contributed by atoms with Crippen molar-refractivity contribution in [3.8, 4) is 0 Å². The molecule has 0 aliphatic heterocycles. The van der Waals surface area contributed by atoms with Gasteiger partial charge in [0.25, 0.3) is 0 Å². The Morgan fingerprint density at radius 2 is 2.20 bits per heavy atom. The molecule has 1 amide bonds. The molecule has 0 radical (unpaired) electrons. The molecule has 5 nitrogen and oxygen atoms in total. The molecule has 0 rings (SSSR count). The minimum atomic E-state index is 0.0438. The van der Waals surface area contributed by atoms with Gasteiger partial charge in [-0.3, -0.25) is 9.69 Å². The molecule has 0 spiro atoms. The Balaban J connectivity index is 3.40. The Labute approximate surface area is 91.9 Å². The predicted octanol–water partition coefficient (Wildman–Crippen LogP) is -0.580. The Hall–Kier alpha value is -0.650. The van der Waals surface area contributed by atoms with Crippen molar-refractivity contribution in [2.24, 2.45) is 5.73 Å². The molecule has 0 aromatic rings. The average Bonchev–Trinajstić information content (AvgIpc) is 2.18. The highest BCUT2D eigenvalue weighted by atomic mass is 16.5. The molecule has 90 valence electrons. The van der Waals surface area contributed by atoms with Crippen LogP contribution in [0.15, 0.2) is 0 Å². The van der Waals surface area contributed by atoms with E-state index in [1.54, 1.807) is 7.11 Å². The number of hydrogen-bond donors (Lipinski definition) is 2. The molecule has 3 N–H and O–H groups in total. The van der Waals surface area contributed by atoms with Crippen LogP contribution in [-0.4, -0.2) is 57.8 Å². The van der Waals surface area contributed by atoms with Gasteiger partial charge in [0.15, 0.2) is 0 Å². The van der Waals surface area contributed by atoms with E-state index in [0.29, 0.717) is 26.2 Å². The molecule has 0 fully saturated rings. The number of likely N-dealkylation sites (N-methyl/N-ethyl adjacent to an activating group) is 1. The summed E-state index contributed by atoms with van der Waals surface area (Å²) in [5, 5.41) is 2.77. The van der Waals surface area contributed by atoms with Gasteiger partial charge in [-0.15, -0.1) is 0 Å². The van der Waals surface area contributed by atoms with Crippen molar-refractivity contribution in [2.45, 2.75) is 12.8 Å². The number of carbonyl (C=O) groups is 1. The van der Waals surface area contributed by atoms with Crippen LogP contribution in [0.4, 0.5) is 0 Å². The first-order valence-electron chi connectivity index (χ1n) is 5.35. The zero-order chi connectivity index (χ0) is 11.5. The first-order chi connectivity index (χ1) is 7.20. The van der Waals surface area contributed by atoms with E-state index in [0.717, 1.165) is 19.4 Å². The standard InChI is InChI=1S/C10H23N3O2/c1-13(7-4-3-5-11)9-10(14)12-6-8-15-2/h3-9,11H2,1-2H3,(H,12,14). The van der Waals surface area contributed by atoms with Crippen molar-refractivity contribution in [2.75, 3.05) is 46.9 Å². The number of nitrogens with zero attached hydrogens (tertiary/aromatic N) is 1. The van der Waals surface area contributed by atoms with Crippen LogP contribution < -0.4 is 11.1 Å². The fourth-order valence-corrected chi connectivity index (χ4v) is 1.20. The van der Waals surface area contributed by atoms with Crippen molar-refractivity contribution < 1.29 is 9.53 Å².